The molecule has 1 aliphatic rings. The molecule has 2 heterocycles. The van der Waals surface area contributed by atoms with E-state index in [-0.39, 0.29) is 0 Å². The lowest BCUT2D eigenvalue weighted by atomic mass is 10.0. The van der Waals surface area contributed by atoms with Gasteiger partial charge in [-0.2, -0.15) is 0 Å². The molecule has 0 N–H and O–H groups in total. The molecule has 53 heavy (non-hydrogen) atoms. The Labute approximate surface area is 316 Å². The fourth-order valence-corrected chi connectivity index (χ4v) is 10.4. The molecule has 0 bridgehead atoms. The van der Waals surface area contributed by atoms with Crippen molar-refractivity contribution in [2.24, 2.45) is 0 Å². The molecular weight excluding hydrogens is 681 g/mol. The molecule has 1 aliphatic carbocycles. The lowest BCUT2D eigenvalue weighted by Gasteiger charge is -2.28. The summed E-state index contributed by atoms with van der Waals surface area (Å²) in [5, 5.41) is 5.23. The average molecular weight is 713 g/mol. The highest BCUT2D eigenvalue weighted by molar-refractivity contribution is 7.26. The third kappa shape index (κ3) is 4.98. The van der Waals surface area contributed by atoms with Gasteiger partial charge in [-0.25, -0.2) is 0 Å². The first-order chi connectivity index (χ1) is 26.3. The largest absolute Gasteiger partial charge is 0.310 e. The molecule has 0 amide bonds. The lowest BCUT2D eigenvalue weighted by Crippen LogP contribution is -2.12. The highest BCUT2D eigenvalue weighted by Gasteiger charge is 2.27. The fourth-order valence-electron chi connectivity index (χ4n) is 8.26. The van der Waals surface area contributed by atoms with Gasteiger partial charge in [0.05, 0.1) is 5.69 Å². The van der Waals surface area contributed by atoms with Crippen LogP contribution in [0.1, 0.15) is 11.1 Å². The zero-order valence-corrected chi connectivity index (χ0v) is 30.4. The maximum absolute atomic E-state index is 2.45. The topological polar surface area (TPSA) is 6.48 Å². The summed E-state index contributed by atoms with van der Waals surface area (Å²) in [6.45, 7) is 0. The zero-order chi connectivity index (χ0) is 34.9. The number of nitrogens with zero attached hydrogens (tertiary/aromatic N) is 2. The van der Waals surface area contributed by atoms with Crippen molar-refractivity contribution >= 4 is 97.1 Å². The summed E-state index contributed by atoms with van der Waals surface area (Å²) in [4.78, 5) is 4.86. The molecule has 11 rings (SSSR count). The summed E-state index contributed by atoms with van der Waals surface area (Å²) in [5.41, 5.74) is 12.3. The van der Waals surface area contributed by atoms with Crippen LogP contribution in [0, 0.1) is 0 Å². The van der Waals surface area contributed by atoms with Gasteiger partial charge in [0.25, 0.3) is 0 Å². The normalized spacial score (nSPS) is 12.1. The Balaban J connectivity index is 1.06. The van der Waals surface area contributed by atoms with E-state index in [9.17, 15) is 0 Å². The Kier molecular flexibility index (Phi) is 7.00. The molecule has 0 radical (unpaired) electrons. The van der Waals surface area contributed by atoms with Crippen molar-refractivity contribution in [3.63, 3.8) is 0 Å². The monoisotopic (exact) mass is 712 g/mol. The van der Waals surface area contributed by atoms with E-state index < -0.39 is 0 Å². The van der Waals surface area contributed by atoms with Crippen LogP contribution in [0.2, 0.25) is 0 Å². The second-order valence-corrected chi connectivity index (χ2v) is 15.9. The summed E-state index contributed by atoms with van der Waals surface area (Å²) >= 11 is 3.73. The van der Waals surface area contributed by atoms with Crippen LogP contribution in [-0.2, 0) is 6.42 Å². The Morgan fingerprint density at radius 1 is 0.340 bits per heavy atom. The van der Waals surface area contributed by atoms with E-state index >= 15 is 0 Å². The molecule has 0 saturated heterocycles. The second-order valence-electron chi connectivity index (χ2n) is 13.7. The molecule has 4 heteroatoms. The van der Waals surface area contributed by atoms with Gasteiger partial charge in [-0.15, -0.1) is 22.7 Å². The maximum atomic E-state index is 2.45. The van der Waals surface area contributed by atoms with Gasteiger partial charge in [-0.3, -0.25) is 0 Å². The molecule has 8 aromatic carbocycles. The van der Waals surface area contributed by atoms with Crippen molar-refractivity contribution in [1.29, 1.82) is 0 Å². The Hall–Kier alpha value is -6.20. The summed E-state index contributed by atoms with van der Waals surface area (Å²) in [6.07, 6.45) is 0.881. The second kappa shape index (κ2) is 12.2. The van der Waals surface area contributed by atoms with Crippen molar-refractivity contribution in [3.8, 4) is 11.1 Å². The lowest BCUT2D eigenvalue weighted by molar-refractivity contribution is 1.20. The van der Waals surface area contributed by atoms with Crippen LogP contribution in [0.3, 0.4) is 0 Å². The minimum absolute atomic E-state index is 0.881. The number of anilines is 6. The molecule has 0 fully saturated rings. The van der Waals surface area contributed by atoms with Gasteiger partial charge in [0.1, 0.15) is 0 Å². The number of para-hydroxylation sites is 2. The minimum Gasteiger partial charge on any atom is -0.310 e. The van der Waals surface area contributed by atoms with Crippen LogP contribution < -0.4 is 9.80 Å². The van der Waals surface area contributed by atoms with Crippen LogP contribution in [0.15, 0.2) is 182 Å². The number of fused-ring (bicyclic) bond motifs is 9. The van der Waals surface area contributed by atoms with Gasteiger partial charge in [0.15, 0.2) is 0 Å². The Morgan fingerprint density at radius 2 is 0.849 bits per heavy atom. The molecule has 2 aromatic heterocycles. The van der Waals surface area contributed by atoms with Crippen LogP contribution >= 0.6 is 22.7 Å². The third-order valence-electron chi connectivity index (χ3n) is 10.7. The smallest absolute Gasteiger partial charge is 0.0503 e. The van der Waals surface area contributed by atoms with Gasteiger partial charge in [0, 0.05) is 75.2 Å². The number of hydrogen-bond donors (Lipinski definition) is 0. The van der Waals surface area contributed by atoms with Crippen LogP contribution in [0.4, 0.5) is 34.1 Å². The molecule has 250 valence electrons. The quantitative estimate of drug-likeness (QED) is 0.169. The molecule has 0 saturated carbocycles. The zero-order valence-electron chi connectivity index (χ0n) is 28.7. The highest BCUT2D eigenvalue weighted by Crippen LogP contribution is 2.49. The maximum Gasteiger partial charge on any atom is 0.0503 e. The highest BCUT2D eigenvalue weighted by atomic mass is 32.1. The predicted molar refractivity (Wildman–Crippen MR) is 230 cm³/mol. The molecule has 0 spiro atoms. The first-order valence-electron chi connectivity index (χ1n) is 18.0. The van der Waals surface area contributed by atoms with Gasteiger partial charge >= 0.3 is 0 Å². The summed E-state index contributed by atoms with van der Waals surface area (Å²) in [7, 11) is 0. The van der Waals surface area contributed by atoms with E-state index in [0.29, 0.717) is 0 Å². The minimum atomic E-state index is 0.881. The molecular formula is C49H32N2S2. The first kappa shape index (κ1) is 30.4. The van der Waals surface area contributed by atoms with Crippen LogP contribution in [-0.4, -0.2) is 0 Å². The van der Waals surface area contributed by atoms with E-state index in [0.717, 1.165) is 29.2 Å². The van der Waals surface area contributed by atoms with E-state index in [1.807, 2.05) is 22.7 Å². The molecule has 0 atom stereocenters. The first-order valence-corrected chi connectivity index (χ1v) is 19.7. The standard InChI is InChI=1S/C49H32N2S2/c1-3-12-33(13-4-1)50(36-24-26-48-43(30-36)39-16-7-9-20-46(39)52-48)35-23-22-32-28-42-38(41(32)29-35)18-11-19-45(42)51(34-14-5-2-6-15-34)37-25-27-49-44(31-37)40-17-8-10-21-47(40)53-49/h1-27,29-31H,28H2. The molecule has 10 aromatic rings. The van der Waals surface area contributed by atoms with Crippen molar-refractivity contribution in [3.05, 3.63) is 193 Å². The van der Waals surface area contributed by atoms with Crippen molar-refractivity contribution in [1.82, 2.24) is 0 Å². The van der Waals surface area contributed by atoms with Crippen LogP contribution in [0.25, 0.3) is 51.5 Å². The van der Waals surface area contributed by atoms with Crippen molar-refractivity contribution in [2.75, 3.05) is 9.80 Å². The van der Waals surface area contributed by atoms with E-state index in [4.69, 9.17) is 0 Å². The average Bonchev–Trinajstić information content (AvgIpc) is 3.90. The van der Waals surface area contributed by atoms with Gasteiger partial charge in [0.2, 0.25) is 0 Å². The number of rotatable bonds is 6. The Bertz CT molecular complexity index is 3000. The SMILES string of the molecule is c1ccc(N(c2ccc3c(c2)-c2cccc(N(c4ccccc4)c4ccc5sc6ccccc6c5c4)c2C3)c2ccc3sc4ccccc4c3c2)cc1. The van der Waals surface area contributed by atoms with Crippen molar-refractivity contribution < 1.29 is 0 Å². The number of benzene rings is 8. The van der Waals surface area contributed by atoms with Gasteiger partial charge < -0.3 is 9.80 Å². The summed E-state index contributed by atoms with van der Waals surface area (Å²) < 4.78 is 5.28. The van der Waals surface area contributed by atoms with Crippen LogP contribution in [0.5, 0.6) is 0 Å². The van der Waals surface area contributed by atoms with Crippen molar-refractivity contribution in [2.45, 2.75) is 6.42 Å². The van der Waals surface area contributed by atoms with E-state index in [2.05, 4.69) is 192 Å². The van der Waals surface area contributed by atoms with E-state index in [1.54, 1.807) is 0 Å². The van der Waals surface area contributed by atoms with Gasteiger partial charge in [-0.05, 0) is 113 Å². The summed E-state index contributed by atoms with van der Waals surface area (Å²) in [5.74, 6) is 0. The predicted octanol–water partition coefficient (Wildman–Crippen LogP) is 14.9. The number of hydrogen-bond acceptors (Lipinski definition) is 4. The molecule has 0 aliphatic heterocycles. The Morgan fingerprint density at radius 3 is 1.49 bits per heavy atom. The van der Waals surface area contributed by atoms with Gasteiger partial charge in [-0.1, -0.05) is 91.0 Å². The molecule has 0 unspecified atom stereocenters. The van der Waals surface area contributed by atoms with E-state index in [1.165, 1.54) is 74.0 Å². The summed E-state index contributed by atoms with van der Waals surface area (Å²) in [6, 6.07) is 66.9. The molecule has 2 nitrogen and oxygen atoms in total. The third-order valence-corrected chi connectivity index (χ3v) is 13.0. The number of thiophene rings is 2. The fraction of sp³-hybridized carbons (Fsp3) is 0.0204.